The maximum absolute atomic E-state index is 13.3. The van der Waals surface area contributed by atoms with Crippen molar-refractivity contribution in [1.82, 2.24) is 24.8 Å². The molecule has 0 radical (unpaired) electrons. The van der Waals surface area contributed by atoms with Gasteiger partial charge in [0.25, 0.3) is 5.91 Å². The van der Waals surface area contributed by atoms with Crippen LogP contribution in [0.5, 0.6) is 0 Å². The smallest absolute Gasteiger partial charge is 0.383 e. The molecule has 1 unspecified atom stereocenters. The van der Waals surface area contributed by atoms with Crippen LogP contribution >= 0.6 is 0 Å². The molecule has 33 heavy (non-hydrogen) atoms. The molecule has 176 valence electrons. The summed E-state index contributed by atoms with van der Waals surface area (Å²) < 4.78 is 52.6. The Morgan fingerprint density at radius 2 is 2.15 bits per heavy atom. The zero-order valence-corrected chi connectivity index (χ0v) is 18.2. The fourth-order valence-corrected chi connectivity index (χ4v) is 3.89. The highest BCUT2D eigenvalue weighted by Crippen LogP contribution is 2.34. The summed E-state index contributed by atoms with van der Waals surface area (Å²) >= 11 is 0. The summed E-state index contributed by atoms with van der Waals surface area (Å²) in [5.74, 6) is -0.0639. The van der Waals surface area contributed by atoms with Gasteiger partial charge in [-0.05, 0) is 38.0 Å². The van der Waals surface area contributed by atoms with Crippen LogP contribution in [-0.4, -0.2) is 51.9 Å². The average molecular weight is 463 g/mol. The molecule has 11 heteroatoms. The molecule has 1 N–H and O–H groups in total. The summed E-state index contributed by atoms with van der Waals surface area (Å²) in [5.41, 5.74) is 0.711. The van der Waals surface area contributed by atoms with Crippen molar-refractivity contribution in [3.63, 3.8) is 0 Å². The number of carbonyl (C=O) groups is 1. The molecular formula is C22H24F3N5O3. The van der Waals surface area contributed by atoms with Crippen molar-refractivity contribution >= 4 is 16.9 Å². The van der Waals surface area contributed by atoms with Crippen molar-refractivity contribution in [3.05, 3.63) is 53.4 Å². The molecule has 8 nitrogen and oxygen atoms in total. The van der Waals surface area contributed by atoms with E-state index in [9.17, 15) is 18.0 Å². The standard InChI is InChI=1S/C22H24F3N5O3/c1-13-11-27-16(12-26-13)21(31)29-19(18-4-3-8-33-18)20-28-15-10-14(22(23,24)25)5-6-17(15)30(20)7-9-32-2/h5-6,10-12,18-19H,3-4,7-9H2,1-2H3,(H,29,31)/t18?,19-/m0/s1. The quantitative estimate of drug-likeness (QED) is 0.577. The number of nitrogens with one attached hydrogen (secondary N) is 1. The molecule has 0 bridgehead atoms. The molecule has 1 aliphatic heterocycles. The Morgan fingerprint density at radius 1 is 1.33 bits per heavy atom. The predicted molar refractivity (Wildman–Crippen MR) is 113 cm³/mol. The highest BCUT2D eigenvalue weighted by molar-refractivity contribution is 5.92. The van der Waals surface area contributed by atoms with Crippen LogP contribution in [0.15, 0.2) is 30.6 Å². The molecule has 0 saturated carbocycles. The third-order valence-corrected chi connectivity index (χ3v) is 5.54. The van der Waals surface area contributed by atoms with Gasteiger partial charge in [0.05, 0.1) is 41.2 Å². The Balaban J connectivity index is 1.77. The number of rotatable bonds is 7. The molecule has 0 spiro atoms. The lowest BCUT2D eigenvalue weighted by molar-refractivity contribution is -0.137. The Bertz CT molecular complexity index is 1120. The lowest BCUT2D eigenvalue weighted by atomic mass is 10.1. The third kappa shape index (κ3) is 4.98. The number of amides is 1. The fraction of sp³-hybridized carbons (Fsp3) is 0.455. The number of aryl methyl sites for hydroxylation is 1. The highest BCUT2D eigenvalue weighted by atomic mass is 19.4. The van der Waals surface area contributed by atoms with E-state index in [1.165, 1.54) is 25.6 Å². The number of methoxy groups -OCH3 is 1. The van der Waals surface area contributed by atoms with Gasteiger partial charge in [0.2, 0.25) is 0 Å². The van der Waals surface area contributed by atoms with Crippen LogP contribution in [0.4, 0.5) is 13.2 Å². The number of ether oxygens (including phenoxy) is 2. The van der Waals surface area contributed by atoms with Gasteiger partial charge in [-0.2, -0.15) is 13.2 Å². The first-order chi connectivity index (χ1) is 15.8. The summed E-state index contributed by atoms with van der Waals surface area (Å²) in [6.45, 7) is 2.95. The van der Waals surface area contributed by atoms with Crippen LogP contribution in [0, 0.1) is 6.92 Å². The first-order valence-electron chi connectivity index (χ1n) is 10.6. The second-order valence-electron chi connectivity index (χ2n) is 7.86. The number of fused-ring (bicyclic) bond motifs is 1. The number of aromatic nitrogens is 4. The lowest BCUT2D eigenvalue weighted by Crippen LogP contribution is -2.38. The van der Waals surface area contributed by atoms with Crippen LogP contribution in [0.3, 0.4) is 0 Å². The Morgan fingerprint density at radius 3 is 2.79 bits per heavy atom. The summed E-state index contributed by atoms with van der Waals surface area (Å²) in [7, 11) is 1.54. The molecular weight excluding hydrogens is 439 g/mol. The molecule has 2 atom stereocenters. The van der Waals surface area contributed by atoms with E-state index < -0.39 is 23.7 Å². The first kappa shape index (κ1) is 23.1. The van der Waals surface area contributed by atoms with E-state index in [2.05, 4.69) is 20.3 Å². The number of halogens is 3. The number of alkyl halides is 3. The van der Waals surface area contributed by atoms with E-state index >= 15 is 0 Å². The molecule has 1 aromatic carbocycles. The van der Waals surface area contributed by atoms with Gasteiger partial charge in [-0.1, -0.05) is 0 Å². The average Bonchev–Trinajstić information content (AvgIpc) is 3.43. The second-order valence-corrected chi connectivity index (χ2v) is 7.86. The normalized spacial score (nSPS) is 17.4. The Kier molecular flexibility index (Phi) is 6.61. The zero-order chi connectivity index (χ0) is 23.6. The van der Waals surface area contributed by atoms with Crippen LogP contribution in [0.25, 0.3) is 11.0 Å². The van der Waals surface area contributed by atoms with Crippen molar-refractivity contribution in [1.29, 1.82) is 0 Å². The van der Waals surface area contributed by atoms with E-state index in [4.69, 9.17) is 9.47 Å². The maximum Gasteiger partial charge on any atom is 0.416 e. The van der Waals surface area contributed by atoms with Crippen LogP contribution in [0.2, 0.25) is 0 Å². The largest absolute Gasteiger partial charge is 0.416 e. The molecule has 1 amide bonds. The monoisotopic (exact) mass is 463 g/mol. The van der Waals surface area contributed by atoms with Gasteiger partial charge >= 0.3 is 6.18 Å². The fourth-order valence-electron chi connectivity index (χ4n) is 3.89. The Labute approximate surface area is 188 Å². The van der Waals surface area contributed by atoms with Gasteiger partial charge in [-0.25, -0.2) is 9.97 Å². The molecule has 2 aromatic heterocycles. The first-order valence-corrected chi connectivity index (χ1v) is 10.6. The van der Waals surface area contributed by atoms with E-state index in [0.717, 1.165) is 18.6 Å². The van der Waals surface area contributed by atoms with Gasteiger partial charge in [-0.15, -0.1) is 0 Å². The van der Waals surface area contributed by atoms with Crippen LogP contribution < -0.4 is 5.32 Å². The molecule has 1 saturated heterocycles. The van der Waals surface area contributed by atoms with E-state index in [1.54, 1.807) is 11.5 Å². The molecule has 1 fully saturated rings. The number of hydrogen-bond donors (Lipinski definition) is 1. The lowest BCUT2D eigenvalue weighted by Gasteiger charge is -2.24. The number of nitrogens with zero attached hydrogens (tertiary/aromatic N) is 4. The van der Waals surface area contributed by atoms with Crippen LogP contribution in [0.1, 0.15) is 46.5 Å². The van der Waals surface area contributed by atoms with Crippen LogP contribution in [-0.2, 0) is 22.2 Å². The number of hydrogen-bond acceptors (Lipinski definition) is 6. The SMILES string of the molecule is COCCn1c([C@@H](NC(=O)c2cnc(C)cn2)C2CCCO2)nc2cc(C(F)(F)F)ccc21. The molecule has 3 aromatic rings. The predicted octanol–water partition coefficient (Wildman–Crippen LogP) is 3.45. The zero-order valence-electron chi connectivity index (χ0n) is 18.2. The topological polar surface area (TPSA) is 91.2 Å². The van der Waals surface area contributed by atoms with Crippen molar-refractivity contribution in [2.75, 3.05) is 20.3 Å². The van der Waals surface area contributed by atoms with Gasteiger partial charge in [0.15, 0.2) is 0 Å². The van der Waals surface area contributed by atoms with E-state index in [1.807, 2.05) is 0 Å². The third-order valence-electron chi connectivity index (χ3n) is 5.54. The van der Waals surface area contributed by atoms with Crippen molar-refractivity contribution in [2.24, 2.45) is 0 Å². The van der Waals surface area contributed by atoms with Crippen molar-refractivity contribution < 1.29 is 27.4 Å². The van der Waals surface area contributed by atoms with Crippen molar-refractivity contribution in [3.8, 4) is 0 Å². The van der Waals surface area contributed by atoms with Crippen molar-refractivity contribution in [2.45, 2.75) is 44.6 Å². The molecule has 3 heterocycles. The summed E-state index contributed by atoms with van der Waals surface area (Å²) in [6, 6.07) is 2.74. The van der Waals surface area contributed by atoms with E-state index in [0.29, 0.717) is 43.2 Å². The number of benzene rings is 1. The minimum absolute atomic E-state index is 0.127. The molecule has 1 aliphatic rings. The summed E-state index contributed by atoms with van der Waals surface area (Å²) in [4.78, 5) is 25.7. The molecule has 4 rings (SSSR count). The highest BCUT2D eigenvalue weighted by Gasteiger charge is 2.35. The minimum atomic E-state index is -4.49. The molecule has 0 aliphatic carbocycles. The second kappa shape index (κ2) is 9.44. The van der Waals surface area contributed by atoms with Gasteiger partial charge < -0.3 is 19.4 Å². The maximum atomic E-state index is 13.3. The Hall–Kier alpha value is -3.05. The van der Waals surface area contributed by atoms with E-state index in [-0.39, 0.29) is 17.3 Å². The number of carbonyl (C=O) groups excluding carboxylic acids is 1. The van der Waals surface area contributed by atoms with Gasteiger partial charge in [-0.3, -0.25) is 9.78 Å². The summed E-state index contributed by atoms with van der Waals surface area (Å²) in [5, 5.41) is 2.92. The van der Waals surface area contributed by atoms with Gasteiger partial charge in [0, 0.05) is 26.5 Å². The van der Waals surface area contributed by atoms with Gasteiger partial charge in [0.1, 0.15) is 17.6 Å². The minimum Gasteiger partial charge on any atom is -0.383 e. The summed E-state index contributed by atoms with van der Waals surface area (Å²) in [6.07, 6.45) is -0.531. The number of imidazole rings is 1.